The summed E-state index contributed by atoms with van der Waals surface area (Å²) in [4.78, 5) is 26.3. The van der Waals surface area contributed by atoms with Crippen LogP contribution in [0.15, 0.2) is 48.5 Å². The van der Waals surface area contributed by atoms with E-state index in [1.165, 1.54) is 4.90 Å². The predicted octanol–water partition coefficient (Wildman–Crippen LogP) is 4.16. The number of carboxylic acids is 1. The zero-order chi connectivity index (χ0) is 25.8. The zero-order valence-electron chi connectivity index (χ0n) is 20.8. The number of aliphatic carboxylic acids is 1. The predicted molar refractivity (Wildman–Crippen MR) is 134 cm³/mol. The monoisotopic (exact) mass is 481 g/mol. The van der Waals surface area contributed by atoms with E-state index >= 15 is 0 Å². The molecule has 1 amide bonds. The summed E-state index contributed by atoms with van der Waals surface area (Å²) in [5, 5.41) is 31.5. The molecule has 0 saturated carbocycles. The molecule has 188 valence electrons. The molecule has 0 radical (unpaired) electrons. The Morgan fingerprint density at radius 2 is 1.66 bits per heavy atom. The Morgan fingerprint density at radius 3 is 2.17 bits per heavy atom. The van der Waals surface area contributed by atoms with Crippen molar-refractivity contribution < 1.29 is 19.8 Å². The van der Waals surface area contributed by atoms with E-state index in [-0.39, 0.29) is 25.0 Å². The van der Waals surface area contributed by atoms with Crippen molar-refractivity contribution in [1.29, 1.82) is 0 Å². The molecule has 0 aliphatic heterocycles. The molecule has 0 saturated heterocycles. The van der Waals surface area contributed by atoms with Crippen LogP contribution in [0.2, 0.25) is 0 Å². The van der Waals surface area contributed by atoms with Gasteiger partial charge in [-0.05, 0) is 46.4 Å². The van der Waals surface area contributed by atoms with Crippen molar-refractivity contribution in [2.45, 2.75) is 59.5 Å². The Balaban J connectivity index is 0.00000137. The zero-order valence-corrected chi connectivity index (χ0v) is 20.8. The van der Waals surface area contributed by atoms with Crippen molar-refractivity contribution in [3.63, 3.8) is 0 Å². The minimum atomic E-state index is -0.976. The number of tetrazole rings is 1. The van der Waals surface area contributed by atoms with Gasteiger partial charge in [-0.1, -0.05) is 75.7 Å². The van der Waals surface area contributed by atoms with Crippen molar-refractivity contribution in [2.75, 3.05) is 6.61 Å². The van der Waals surface area contributed by atoms with Gasteiger partial charge in [0, 0.05) is 25.1 Å². The molecule has 35 heavy (non-hydrogen) atoms. The molecule has 1 heterocycles. The van der Waals surface area contributed by atoms with Crippen molar-refractivity contribution >= 4 is 11.9 Å². The number of carbonyl (C=O) groups excluding carboxylic acids is 1. The first-order chi connectivity index (χ1) is 16.8. The largest absolute Gasteiger partial charge is 0.480 e. The van der Waals surface area contributed by atoms with Crippen molar-refractivity contribution in [1.82, 2.24) is 25.5 Å². The Hall–Kier alpha value is -3.59. The van der Waals surface area contributed by atoms with Crippen molar-refractivity contribution in [3.8, 4) is 22.5 Å². The SMILES string of the molecule is CCCCC(=O)N(Cc1ccc(-c2ccccc2-c2nnn[nH]2)cc1)[C@H](C(=O)O)C(C)C.CCO. The average Bonchev–Trinajstić information content (AvgIpc) is 3.37. The number of carbonyl (C=O) groups is 2. The van der Waals surface area contributed by atoms with Gasteiger partial charge in [-0.15, -0.1) is 5.10 Å². The van der Waals surface area contributed by atoms with Gasteiger partial charge in [0.25, 0.3) is 0 Å². The second-order valence-electron chi connectivity index (χ2n) is 8.46. The Morgan fingerprint density at radius 1 is 1.03 bits per heavy atom. The van der Waals surface area contributed by atoms with Gasteiger partial charge in [0.15, 0.2) is 5.82 Å². The standard InChI is InChI=1S/C24H29N5O3.C2H6O/c1-4-5-10-21(30)29(22(16(2)3)24(31)32)15-17-11-13-18(14-12-17)19-8-6-7-9-20(19)23-25-27-28-26-23;1-2-3/h6-9,11-14,16,22H,4-5,10,15H2,1-3H3,(H,31,32)(H,25,26,27,28);3H,2H2,1H3/t22-;/m0./s1. The number of unbranched alkanes of at least 4 members (excludes halogenated alkanes) is 1. The molecule has 9 nitrogen and oxygen atoms in total. The first-order valence-electron chi connectivity index (χ1n) is 11.9. The normalized spacial score (nSPS) is 11.5. The minimum Gasteiger partial charge on any atom is -0.480 e. The van der Waals surface area contributed by atoms with E-state index in [0.29, 0.717) is 12.2 Å². The summed E-state index contributed by atoms with van der Waals surface area (Å²) in [6, 6.07) is 14.8. The van der Waals surface area contributed by atoms with Crippen molar-refractivity contribution in [3.05, 3.63) is 54.1 Å². The van der Waals surface area contributed by atoms with Crippen LogP contribution in [0.25, 0.3) is 22.5 Å². The molecule has 2 aromatic carbocycles. The van der Waals surface area contributed by atoms with Gasteiger partial charge in [0.1, 0.15) is 6.04 Å². The molecular formula is C26H35N5O4. The first-order valence-corrected chi connectivity index (χ1v) is 11.9. The van der Waals surface area contributed by atoms with Crippen LogP contribution in [0, 0.1) is 5.92 Å². The van der Waals surface area contributed by atoms with Gasteiger partial charge in [0.05, 0.1) is 0 Å². The number of hydrogen-bond acceptors (Lipinski definition) is 6. The van der Waals surface area contributed by atoms with E-state index in [1.54, 1.807) is 6.92 Å². The summed E-state index contributed by atoms with van der Waals surface area (Å²) in [6.45, 7) is 7.86. The summed E-state index contributed by atoms with van der Waals surface area (Å²) in [7, 11) is 0. The number of rotatable bonds is 10. The van der Waals surface area contributed by atoms with Crippen LogP contribution in [0.5, 0.6) is 0 Å². The fourth-order valence-electron chi connectivity index (χ4n) is 3.79. The maximum Gasteiger partial charge on any atom is 0.326 e. The highest BCUT2D eigenvalue weighted by molar-refractivity contribution is 5.84. The number of carboxylic acid groups (broad SMARTS) is 1. The van der Waals surface area contributed by atoms with E-state index in [2.05, 4.69) is 20.6 Å². The number of aliphatic hydroxyl groups excluding tert-OH is 1. The lowest BCUT2D eigenvalue weighted by molar-refractivity contribution is -0.153. The number of aliphatic hydroxyl groups is 1. The molecular weight excluding hydrogens is 446 g/mol. The van der Waals surface area contributed by atoms with E-state index < -0.39 is 12.0 Å². The molecule has 0 aliphatic carbocycles. The van der Waals surface area contributed by atoms with Crippen molar-refractivity contribution in [2.24, 2.45) is 5.92 Å². The molecule has 1 atom stereocenters. The molecule has 3 aromatic rings. The number of nitrogens with zero attached hydrogens (tertiary/aromatic N) is 4. The van der Waals surface area contributed by atoms with Crippen LogP contribution in [-0.2, 0) is 16.1 Å². The third kappa shape index (κ3) is 7.71. The van der Waals surface area contributed by atoms with Crippen LogP contribution in [-0.4, -0.2) is 60.3 Å². The second-order valence-corrected chi connectivity index (χ2v) is 8.46. The number of amides is 1. The molecule has 3 N–H and O–H groups in total. The molecule has 0 bridgehead atoms. The number of aromatic nitrogens is 4. The highest BCUT2D eigenvalue weighted by atomic mass is 16.4. The topological polar surface area (TPSA) is 132 Å². The quantitative estimate of drug-likeness (QED) is 0.396. The average molecular weight is 482 g/mol. The number of benzene rings is 2. The van der Waals surface area contributed by atoms with Crippen LogP contribution in [0.3, 0.4) is 0 Å². The molecule has 1 aromatic heterocycles. The number of hydrogen-bond donors (Lipinski definition) is 3. The molecule has 9 heteroatoms. The van der Waals surface area contributed by atoms with E-state index in [0.717, 1.165) is 35.1 Å². The van der Waals surface area contributed by atoms with Gasteiger partial charge in [0.2, 0.25) is 5.91 Å². The fraction of sp³-hybridized carbons (Fsp3) is 0.423. The molecule has 0 aliphatic rings. The maximum absolute atomic E-state index is 12.9. The van der Waals surface area contributed by atoms with Crippen LogP contribution in [0.4, 0.5) is 0 Å². The van der Waals surface area contributed by atoms with Crippen LogP contribution >= 0.6 is 0 Å². The lowest BCUT2D eigenvalue weighted by atomic mass is 9.97. The summed E-state index contributed by atoms with van der Waals surface area (Å²) < 4.78 is 0. The highest BCUT2D eigenvalue weighted by Crippen LogP contribution is 2.30. The minimum absolute atomic E-state index is 0.125. The number of nitrogens with one attached hydrogen (secondary N) is 1. The summed E-state index contributed by atoms with van der Waals surface area (Å²) in [5.41, 5.74) is 3.71. The molecule has 0 fully saturated rings. The lowest BCUT2D eigenvalue weighted by Crippen LogP contribution is -2.47. The number of H-pyrrole nitrogens is 1. The third-order valence-corrected chi connectivity index (χ3v) is 5.43. The second kappa shape index (κ2) is 14.0. The first kappa shape index (κ1) is 27.7. The van der Waals surface area contributed by atoms with E-state index in [9.17, 15) is 14.7 Å². The maximum atomic E-state index is 12.9. The smallest absolute Gasteiger partial charge is 0.326 e. The van der Waals surface area contributed by atoms with E-state index in [4.69, 9.17) is 5.11 Å². The Bertz CT molecular complexity index is 1050. The summed E-state index contributed by atoms with van der Waals surface area (Å²) >= 11 is 0. The van der Waals surface area contributed by atoms with Gasteiger partial charge in [-0.3, -0.25) is 4.79 Å². The fourth-order valence-corrected chi connectivity index (χ4v) is 3.79. The lowest BCUT2D eigenvalue weighted by Gasteiger charge is -2.32. The van der Waals surface area contributed by atoms with Gasteiger partial charge in [-0.25, -0.2) is 9.89 Å². The molecule has 0 unspecified atom stereocenters. The third-order valence-electron chi connectivity index (χ3n) is 5.43. The van der Waals surface area contributed by atoms with Crippen LogP contribution < -0.4 is 0 Å². The van der Waals surface area contributed by atoms with Crippen LogP contribution in [0.1, 0.15) is 52.5 Å². The van der Waals surface area contributed by atoms with Gasteiger partial charge < -0.3 is 15.1 Å². The Kier molecular flexibility index (Phi) is 11.0. The molecule has 3 rings (SSSR count). The van der Waals surface area contributed by atoms with Gasteiger partial charge in [-0.2, -0.15) is 0 Å². The van der Waals surface area contributed by atoms with E-state index in [1.807, 2.05) is 69.3 Å². The highest BCUT2D eigenvalue weighted by Gasteiger charge is 2.32. The summed E-state index contributed by atoms with van der Waals surface area (Å²) in [6.07, 6.45) is 1.98. The van der Waals surface area contributed by atoms with Gasteiger partial charge >= 0.3 is 5.97 Å². The summed E-state index contributed by atoms with van der Waals surface area (Å²) in [5.74, 6) is -0.713. The Labute approximate surface area is 206 Å². The number of aromatic amines is 1. The molecule has 0 spiro atoms.